The number of ketones is 1. The first-order chi connectivity index (χ1) is 26.9. The Bertz CT molecular complexity index is 2220. The van der Waals surface area contributed by atoms with Crippen LogP contribution in [0.1, 0.15) is 74.6 Å². The van der Waals surface area contributed by atoms with E-state index in [0.29, 0.717) is 76.3 Å². The SMILES string of the molecule is Cc1nc(Nc2ncc(C(=O)Nc3c(C)cccc3Cl)s2)cc(N2CCN(C(=O)CCCC(=O)Cc3cccc4c3CN(C3CCC(=O)NC3=O)C4=O)CC2)n1. The van der Waals surface area contributed by atoms with Crippen LogP contribution in [0.2, 0.25) is 5.02 Å². The Kier molecular flexibility index (Phi) is 11.4. The largest absolute Gasteiger partial charge is 0.353 e. The smallest absolute Gasteiger partial charge is 0.267 e. The van der Waals surface area contributed by atoms with Gasteiger partial charge in [-0.1, -0.05) is 47.2 Å². The molecule has 3 N–H and O–H groups in total. The number of amides is 5. The lowest BCUT2D eigenvalue weighted by atomic mass is 9.97. The topological polar surface area (TPSA) is 187 Å². The number of thiazole rings is 1. The highest BCUT2D eigenvalue weighted by atomic mass is 35.5. The van der Waals surface area contributed by atoms with E-state index in [1.54, 1.807) is 30.0 Å². The number of aryl methyl sites for hydroxylation is 2. The molecule has 0 bridgehead atoms. The van der Waals surface area contributed by atoms with Crippen molar-refractivity contribution in [2.75, 3.05) is 41.7 Å². The number of carbonyl (C=O) groups is 6. The average Bonchev–Trinajstić information content (AvgIpc) is 3.77. The summed E-state index contributed by atoms with van der Waals surface area (Å²) in [5, 5.41) is 9.29. The summed E-state index contributed by atoms with van der Waals surface area (Å²) >= 11 is 7.46. The number of fused-ring (bicyclic) bond motifs is 1. The Morgan fingerprint density at radius 2 is 1.79 bits per heavy atom. The van der Waals surface area contributed by atoms with E-state index in [4.69, 9.17) is 11.6 Å². The van der Waals surface area contributed by atoms with E-state index in [9.17, 15) is 28.8 Å². The van der Waals surface area contributed by atoms with Crippen LogP contribution in [-0.2, 0) is 32.1 Å². The molecule has 15 nitrogen and oxygen atoms in total. The summed E-state index contributed by atoms with van der Waals surface area (Å²) in [6.07, 6.45) is 2.94. The molecule has 5 heterocycles. The summed E-state index contributed by atoms with van der Waals surface area (Å²) in [6.45, 7) is 6.01. The van der Waals surface area contributed by atoms with Crippen LogP contribution in [0.25, 0.3) is 0 Å². The van der Waals surface area contributed by atoms with E-state index in [1.807, 2.05) is 31.2 Å². The van der Waals surface area contributed by atoms with Gasteiger partial charge in [-0.25, -0.2) is 15.0 Å². The number of hydrogen-bond acceptors (Lipinski definition) is 12. The van der Waals surface area contributed by atoms with Gasteiger partial charge >= 0.3 is 0 Å². The van der Waals surface area contributed by atoms with E-state index in [1.165, 1.54) is 22.4 Å². The van der Waals surface area contributed by atoms with E-state index in [2.05, 4.69) is 35.8 Å². The van der Waals surface area contributed by atoms with E-state index < -0.39 is 11.9 Å². The highest BCUT2D eigenvalue weighted by Crippen LogP contribution is 2.31. The highest BCUT2D eigenvalue weighted by Gasteiger charge is 2.40. The summed E-state index contributed by atoms with van der Waals surface area (Å²) < 4.78 is 0. The minimum Gasteiger partial charge on any atom is -0.353 e. The molecule has 2 fully saturated rings. The third kappa shape index (κ3) is 8.55. The monoisotopic (exact) mass is 797 g/mol. The van der Waals surface area contributed by atoms with Crippen LogP contribution in [-0.4, -0.2) is 92.3 Å². The van der Waals surface area contributed by atoms with Crippen LogP contribution in [0.15, 0.2) is 48.7 Å². The lowest BCUT2D eigenvalue weighted by molar-refractivity contribution is -0.137. The Labute approximate surface area is 331 Å². The molecule has 3 aliphatic rings. The molecule has 3 aliphatic heterocycles. The van der Waals surface area contributed by atoms with Gasteiger partial charge in [-0.3, -0.25) is 34.1 Å². The van der Waals surface area contributed by atoms with Gasteiger partial charge in [0.2, 0.25) is 17.7 Å². The van der Waals surface area contributed by atoms with Crippen molar-refractivity contribution in [2.45, 2.75) is 65.0 Å². The summed E-state index contributed by atoms with van der Waals surface area (Å²) in [4.78, 5) is 95.5. The third-order valence-corrected chi connectivity index (χ3v) is 11.3. The zero-order chi connectivity index (χ0) is 39.5. The number of halogens is 1. The average molecular weight is 798 g/mol. The van der Waals surface area contributed by atoms with Gasteiger partial charge < -0.3 is 25.3 Å². The maximum Gasteiger partial charge on any atom is 0.267 e. The predicted molar refractivity (Wildman–Crippen MR) is 210 cm³/mol. The maximum absolute atomic E-state index is 13.1. The molecule has 0 spiro atoms. The predicted octanol–water partition coefficient (Wildman–Crippen LogP) is 4.59. The number of rotatable bonds is 12. The molecular formula is C39H40ClN9O6S. The zero-order valence-corrected chi connectivity index (χ0v) is 32.5. The molecular weight excluding hydrogens is 758 g/mol. The number of aromatic nitrogens is 3. The molecule has 5 amide bonds. The maximum atomic E-state index is 13.1. The lowest BCUT2D eigenvalue weighted by Crippen LogP contribution is -2.52. The number of anilines is 4. The number of benzene rings is 2. The zero-order valence-electron chi connectivity index (χ0n) is 30.9. The Morgan fingerprint density at radius 3 is 2.55 bits per heavy atom. The van der Waals surface area contributed by atoms with Gasteiger partial charge in [-0.15, -0.1) is 0 Å². The quantitative estimate of drug-likeness (QED) is 0.170. The van der Waals surface area contributed by atoms with Gasteiger partial charge in [0.25, 0.3) is 11.8 Å². The van der Waals surface area contributed by atoms with Crippen molar-refractivity contribution in [1.29, 1.82) is 0 Å². The first-order valence-corrected chi connectivity index (χ1v) is 19.6. The Hall–Kier alpha value is -5.74. The van der Waals surface area contributed by atoms with E-state index >= 15 is 0 Å². The number of piperidine rings is 1. The summed E-state index contributed by atoms with van der Waals surface area (Å²) in [5.74, 6) is 0.314. The Balaban J connectivity index is 0.869. The summed E-state index contributed by atoms with van der Waals surface area (Å²) in [5.41, 5.74) is 3.34. The van der Waals surface area contributed by atoms with Crippen molar-refractivity contribution in [2.24, 2.45) is 0 Å². The molecule has 7 rings (SSSR count). The first kappa shape index (κ1) is 38.5. The summed E-state index contributed by atoms with van der Waals surface area (Å²) in [6, 6.07) is 11.8. The van der Waals surface area contributed by atoms with Crippen LogP contribution in [0, 0.1) is 13.8 Å². The van der Waals surface area contributed by atoms with Gasteiger partial charge in [0.15, 0.2) is 5.13 Å². The fourth-order valence-electron chi connectivity index (χ4n) is 7.19. The molecule has 0 saturated carbocycles. The van der Waals surface area contributed by atoms with Gasteiger partial charge in [0.1, 0.15) is 34.2 Å². The standard InChI is InChI=1S/C39H40ClN9O6S/c1-22-6-3-10-28(40)35(22)46-37(54)30-20-41-39(56-30)44-31-19-32(43-23(2)42-31)47-14-16-48(17-15-47)34(52)11-5-8-25(50)18-24-7-4-9-26-27(24)21-49(38(26)55)29-12-13-33(51)45-36(29)53/h3-4,6-7,9-10,19-20,29H,5,8,11-18,21H2,1-2H3,(H,46,54)(H,45,51,53)(H,41,42,43,44). The normalized spacial score (nSPS) is 16.8. The van der Waals surface area contributed by atoms with Crippen LogP contribution in [0.4, 0.5) is 22.5 Å². The van der Waals surface area contributed by atoms with Crippen molar-refractivity contribution < 1.29 is 28.8 Å². The fourth-order valence-corrected chi connectivity index (χ4v) is 8.17. The van der Waals surface area contributed by atoms with Crippen molar-refractivity contribution >= 4 is 80.7 Å². The molecule has 1 unspecified atom stereocenters. The van der Waals surface area contributed by atoms with Crippen LogP contribution in [0.3, 0.4) is 0 Å². The first-order valence-electron chi connectivity index (χ1n) is 18.4. The van der Waals surface area contributed by atoms with Crippen molar-refractivity contribution in [3.8, 4) is 0 Å². The number of nitrogens with one attached hydrogen (secondary N) is 3. The minimum atomic E-state index is -0.722. The third-order valence-electron chi connectivity index (χ3n) is 10.1. The van der Waals surface area contributed by atoms with Gasteiger partial charge in [-0.05, 0) is 55.5 Å². The number of nitrogens with zero attached hydrogens (tertiary/aromatic N) is 6. The van der Waals surface area contributed by atoms with Crippen LogP contribution >= 0.6 is 22.9 Å². The molecule has 56 heavy (non-hydrogen) atoms. The highest BCUT2D eigenvalue weighted by molar-refractivity contribution is 7.17. The van der Waals surface area contributed by atoms with Crippen LogP contribution in [0.5, 0.6) is 0 Å². The number of hydrogen-bond donors (Lipinski definition) is 3. The summed E-state index contributed by atoms with van der Waals surface area (Å²) in [7, 11) is 0. The lowest BCUT2D eigenvalue weighted by Gasteiger charge is -2.35. The molecule has 290 valence electrons. The van der Waals surface area contributed by atoms with Gasteiger partial charge in [0.05, 0.1) is 16.9 Å². The molecule has 4 aromatic rings. The second kappa shape index (κ2) is 16.5. The number of Topliss-reactive ketones (excluding diaryl/α,β-unsaturated/α-hetero) is 1. The number of piperazine rings is 1. The molecule has 17 heteroatoms. The van der Waals surface area contributed by atoms with Crippen molar-refractivity contribution in [3.05, 3.63) is 86.6 Å². The van der Waals surface area contributed by atoms with Gasteiger partial charge in [0, 0.05) is 70.0 Å². The van der Waals surface area contributed by atoms with Crippen LogP contribution < -0.4 is 20.9 Å². The second-order valence-corrected chi connectivity index (χ2v) is 15.4. The fraction of sp³-hybridized carbons (Fsp3) is 0.359. The van der Waals surface area contributed by atoms with Crippen molar-refractivity contribution in [1.82, 2.24) is 30.1 Å². The molecule has 0 aliphatic carbocycles. The molecule has 2 saturated heterocycles. The van der Waals surface area contributed by atoms with E-state index in [-0.39, 0.29) is 68.1 Å². The molecule has 2 aromatic carbocycles. The molecule has 0 radical (unpaired) electrons. The van der Waals surface area contributed by atoms with Gasteiger partial charge in [-0.2, -0.15) is 0 Å². The molecule has 1 atom stereocenters. The number of carbonyl (C=O) groups excluding carboxylic acids is 6. The number of imide groups is 1. The Morgan fingerprint density at radius 1 is 1.00 bits per heavy atom. The molecule has 2 aromatic heterocycles. The second-order valence-electron chi connectivity index (χ2n) is 14.0. The number of para-hydroxylation sites is 1. The van der Waals surface area contributed by atoms with E-state index in [0.717, 1.165) is 16.7 Å². The minimum absolute atomic E-state index is 0.0157. The van der Waals surface area contributed by atoms with Crippen molar-refractivity contribution in [3.63, 3.8) is 0 Å².